The quantitative estimate of drug-likeness (QED) is 0.712. The molecule has 0 aromatic heterocycles. The first-order valence-corrected chi connectivity index (χ1v) is 5.24. The van der Waals surface area contributed by atoms with E-state index in [2.05, 4.69) is 13.5 Å². The summed E-state index contributed by atoms with van der Waals surface area (Å²) in [6.07, 6.45) is 1.38. The van der Waals surface area contributed by atoms with Crippen LogP contribution in [0, 0.1) is 0 Å². The number of ketones is 1. The van der Waals surface area contributed by atoms with Gasteiger partial charge in [0.05, 0.1) is 0 Å². The molecule has 1 aliphatic carbocycles. The molecule has 0 bridgehead atoms. The molecule has 0 atom stereocenters. The lowest BCUT2D eigenvalue weighted by molar-refractivity contribution is -0.112. The predicted molar refractivity (Wildman–Crippen MR) is 62.4 cm³/mol. The molecule has 2 rings (SSSR count). The van der Waals surface area contributed by atoms with Gasteiger partial charge in [-0.05, 0) is 23.1 Å². The zero-order valence-corrected chi connectivity index (χ0v) is 8.92. The summed E-state index contributed by atoms with van der Waals surface area (Å²) in [4.78, 5) is 11.8. The Labute approximate surface area is 90.1 Å². The van der Waals surface area contributed by atoms with Crippen molar-refractivity contribution in [3.05, 3.63) is 53.6 Å². The van der Waals surface area contributed by atoms with Crippen LogP contribution in [-0.2, 0) is 4.79 Å². The summed E-state index contributed by atoms with van der Waals surface area (Å²) < 4.78 is 0. The molecule has 1 heteroatoms. The Morgan fingerprint density at radius 1 is 1.27 bits per heavy atom. The summed E-state index contributed by atoms with van der Waals surface area (Å²) in [7, 11) is 0. The highest BCUT2D eigenvalue weighted by atomic mass is 16.1. The van der Waals surface area contributed by atoms with Crippen molar-refractivity contribution in [3.63, 3.8) is 0 Å². The number of carbonyl (C=O) groups excluding carboxylic acids is 1. The van der Waals surface area contributed by atoms with E-state index in [9.17, 15) is 4.79 Å². The van der Waals surface area contributed by atoms with Crippen LogP contribution in [0.15, 0.2) is 48.1 Å². The van der Waals surface area contributed by atoms with Crippen LogP contribution in [-0.4, -0.2) is 5.78 Å². The number of hydrogen-bond acceptors (Lipinski definition) is 1. The lowest BCUT2D eigenvalue weighted by Gasteiger charge is -2.04. The van der Waals surface area contributed by atoms with Crippen LogP contribution < -0.4 is 0 Å². The number of allylic oxidation sites excluding steroid dienone is 3. The molecule has 15 heavy (non-hydrogen) atoms. The van der Waals surface area contributed by atoms with E-state index in [1.165, 1.54) is 0 Å². The molecule has 1 aliphatic rings. The van der Waals surface area contributed by atoms with Gasteiger partial charge in [0.25, 0.3) is 0 Å². The molecule has 0 unspecified atom stereocenters. The van der Waals surface area contributed by atoms with Crippen molar-refractivity contribution in [2.75, 3.05) is 0 Å². The maximum atomic E-state index is 11.8. The SMILES string of the molecule is C=C1CC(=O)C(c2ccccc2)=C1CC. The number of Topliss-reactive ketones (excluding diaryl/α,β-unsaturated/α-hetero) is 1. The van der Waals surface area contributed by atoms with Crippen molar-refractivity contribution < 1.29 is 4.79 Å². The van der Waals surface area contributed by atoms with Crippen molar-refractivity contribution in [2.45, 2.75) is 19.8 Å². The van der Waals surface area contributed by atoms with Gasteiger partial charge in [-0.2, -0.15) is 0 Å². The highest BCUT2D eigenvalue weighted by molar-refractivity contribution is 6.26. The average Bonchev–Trinajstić information content (AvgIpc) is 2.54. The van der Waals surface area contributed by atoms with Gasteiger partial charge in [-0.1, -0.05) is 43.8 Å². The van der Waals surface area contributed by atoms with E-state index in [0.717, 1.165) is 28.7 Å². The summed E-state index contributed by atoms with van der Waals surface area (Å²) in [5.74, 6) is 0.211. The minimum absolute atomic E-state index is 0.211. The zero-order chi connectivity index (χ0) is 10.8. The van der Waals surface area contributed by atoms with Crippen LogP contribution in [0.2, 0.25) is 0 Å². The van der Waals surface area contributed by atoms with E-state index in [0.29, 0.717) is 6.42 Å². The smallest absolute Gasteiger partial charge is 0.168 e. The van der Waals surface area contributed by atoms with Gasteiger partial charge in [0, 0.05) is 12.0 Å². The van der Waals surface area contributed by atoms with E-state index < -0.39 is 0 Å². The molecule has 0 N–H and O–H groups in total. The molecular formula is C14H14O. The van der Waals surface area contributed by atoms with E-state index >= 15 is 0 Å². The van der Waals surface area contributed by atoms with Gasteiger partial charge in [0.1, 0.15) is 0 Å². The third-order valence-electron chi connectivity index (χ3n) is 2.80. The normalized spacial score (nSPS) is 16.3. The van der Waals surface area contributed by atoms with Crippen molar-refractivity contribution >= 4 is 11.4 Å². The van der Waals surface area contributed by atoms with Crippen LogP contribution in [0.5, 0.6) is 0 Å². The first kappa shape index (κ1) is 9.91. The molecule has 0 amide bonds. The molecule has 0 heterocycles. The highest BCUT2D eigenvalue weighted by Crippen LogP contribution is 2.35. The first-order valence-electron chi connectivity index (χ1n) is 5.24. The second kappa shape index (κ2) is 3.85. The van der Waals surface area contributed by atoms with Gasteiger partial charge in [-0.15, -0.1) is 0 Å². The summed E-state index contributed by atoms with van der Waals surface area (Å²) >= 11 is 0. The Hall–Kier alpha value is -1.63. The molecule has 0 saturated heterocycles. The Balaban J connectivity index is 2.55. The van der Waals surface area contributed by atoms with Gasteiger partial charge in [0.15, 0.2) is 5.78 Å². The summed E-state index contributed by atoms with van der Waals surface area (Å²) in [5, 5.41) is 0. The second-order valence-corrected chi connectivity index (χ2v) is 3.78. The van der Waals surface area contributed by atoms with Gasteiger partial charge in [-0.25, -0.2) is 0 Å². The Bertz CT molecular complexity index is 438. The summed E-state index contributed by atoms with van der Waals surface area (Å²) in [6, 6.07) is 9.86. The Kier molecular flexibility index (Phi) is 2.55. The Morgan fingerprint density at radius 3 is 2.53 bits per heavy atom. The molecule has 0 saturated carbocycles. The topological polar surface area (TPSA) is 17.1 Å². The molecule has 1 aromatic rings. The third kappa shape index (κ3) is 1.65. The van der Waals surface area contributed by atoms with Crippen molar-refractivity contribution in [1.82, 2.24) is 0 Å². The predicted octanol–water partition coefficient (Wildman–Crippen LogP) is 3.38. The lowest BCUT2D eigenvalue weighted by Crippen LogP contribution is -1.95. The van der Waals surface area contributed by atoms with Gasteiger partial charge >= 0.3 is 0 Å². The molecule has 76 valence electrons. The number of hydrogen-bond donors (Lipinski definition) is 0. The minimum Gasteiger partial charge on any atom is -0.294 e. The van der Waals surface area contributed by atoms with Gasteiger partial charge in [-0.3, -0.25) is 4.79 Å². The standard InChI is InChI=1S/C14H14O/c1-3-12-10(2)9-13(15)14(12)11-7-5-4-6-8-11/h4-8H,2-3,9H2,1H3. The van der Waals surface area contributed by atoms with Crippen molar-refractivity contribution in [2.24, 2.45) is 0 Å². The van der Waals surface area contributed by atoms with E-state index in [-0.39, 0.29) is 5.78 Å². The van der Waals surface area contributed by atoms with Crippen molar-refractivity contribution in [1.29, 1.82) is 0 Å². The van der Waals surface area contributed by atoms with Crippen LogP contribution in [0.1, 0.15) is 25.3 Å². The summed E-state index contributed by atoms with van der Waals surface area (Å²) in [5.41, 5.74) is 4.02. The van der Waals surface area contributed by atoms with Gasteiger partial charge < -0.3 is 0 Å². The van der Waals surface area contributed by atoms with Crippen LogP contribution in [0.25, 0.3) is 5.57 Å². The maximum absolute atomic E-state index is 11.8. The number of carbonyl (C=O) groups is 1. The fourth-order valence-electron chi connectivity index (χ4n) is 2.10. The van der Waals surface area contributed by atoms with E-state index in [1.807, 2.05) is 30.3 Å². The van der Waals surface area contributed by atoms with E-state index in [1.54, 1.807) is 0 Å². The maximum Gasteiger partial charge on any atom is 0.168 e. The molecular weight excluding hydrogens is 184 g/mol. The molecule has 0 radical (unpaired) electrons. The van der Waals surface area contributed by atoms with Crippen LogP contribution >= 0.6 is 0 Å². The molecule has 0 spiro atoms. The minimum atomic E-state index is 0.211. The second-order valence-electron chi connectivity index (χ2n) is 3.78. The molecule has 0 fully saturated rings. The molecule has 1 aromatic carbocycles. The average molecular weight is 198 g/mol. The van der Waals surface area contributed by atoms with Crippen molar-refractivity contribution in [3.8, 4) is 0 Å². The van der Waals surface area contributed by atoms with E-state index in [4.69, 9.17) is 0 Å². The lowest BCUT2D eigenvalue weighted by atomic mass is 9.99. The van der Waals surface area contributed by atoms with Crippen LogP contribution in [0.4, 0.5) is 0 Å². The third-order valence-corrected chi connectivity index (χ3v) is 2.80. The number of rotatable bonds is 2. The fraction of sp³-hybridized carbons (Fsp3) is 0.214. The van der Waals surface area contributed by atoms with Crippen LogP contribution in [0.3, 0.4) is 0 Å². The molecule has 0 aliphatic heterocycles. The highest BCUT2D eigenvalue weighted by Gasteiger charge is 2.25. The molecule has 1 nitrogen and oxygen atoms in total. The Morgan fingerprint density at radius 2 is 1.93 bits per heavy atom. The van der Waals surface area contributed by atoms with Gasteiger partial charge in [0.2, 0.25) is 0 Å². The largest absolute Gasteiger partial charge is 0.294 e. The monoisotopic (exact) mass is 198 g/mol. The summed E-state index contributed by atoms with van der Waals surface area (Å²) in [6.45, 7) is 6.03. The number of benzene rings is 1. The zero-order valence-electron chi connectivity index (χ0n) is 8.92. The first-order chi connectivity index (χ1) is 7.24. The fourth-order valence-corrected chi connectivity index (χ4v) is 2.10.